The number of benzene rings is 3. The lowest BCUT2D eigenvalue weighted by atomic mass is 10.1. The Morgan fingerprint density at radius 3 is 2.16 bits per heavy atom. The van der Waals surface area contributed by atoms with Gasteiger partial charge in [-0.3, -0.25) is 4.79 Å². The van der Waals surface area contributed by atoms with Gasteiger partial charge in [0.25, 0.3) is 0 Å². The summed E-state index contributed by atoms with van der Waals surface area (Å²) >= 11 is 0. The molecule has 0 aliphatic carbocycles. The molecule has 0 spiro atoms. The van der Waals surface area contributed by atoms with Gasteiger partial charge >= 0.3 is 5.97 Å². The fraction of sp³-hybridized carbons (Fsp3) is 0.261. The summed E-state index contributed by atoms with van der Waals surface area (Å²) in [5.74, 6) is -0.119. The van der Waals surface area contributed by atoms with Crippen LogP contribution in [0.4, 0.5) is 0 Å². The Hall–Kier alpha value is -2.61. The lowest BCUT2D eigenvalue weighted by molar-refractivity contribution is -0.144. The van der Waals surface area contributed by atoms with Crippen molar-refractivity contribution in [2.24, 2.45) is 0 Å². The Morgan fingerprint density at radius 2 is 1.48 bits per heavy atom. The second kappa shape index (κ2) is 10.3. The second-order valence-corrected chi connectivity index (χ2v) is 5.93. The van der Waals surface area contributed by atoms with Gasteiger partial charge < -0.3 is 4.74 Å². The first kappa shape index (κ1) is 18.7. The summed E-state index contributed by atoms with van der Waals surface area (Å²) < 4.78 is 5.03. The summed E-state index contributed by atoms with van der Waals surface area (Å²) in [7, 11) is 0. The van der Waals surface area contributed by atoms with Gasteiger partial charge in [0, 0.05) is 6.42 Å². The minimum absolute atomic E-state index is 0.119. The van der Waals surface area contributed by atoms with E-state index in [0.29, 0.717) is 13.0 Å². The van der Waals surface area contributed by atoms with Gasteiger partial charge in [-0.15, -0.1) is 0 Å². The van der Waals surface area contributed by atoms with E-state index in [1.807, 2.05) is 37.3 Å². The van der Waals surface area contributed by atoms with Gasteiger partial charge in [0.05, 0.1) is 0 Å². The maximum Gasteiger partial charge on any atom is 0.306 e. The van der Waals surface area contributed by atoms with Crippen molar-refractivity contribution >= 4 is 16.7 Å². The number of hydrogen-bond acceptors (Lipinski definition) is 2. The standard InChI is InChI=1S/C12H12.C11H14O2/c1-2-10-7-8-11-5-3-4-6-12(11)9-10;1-2-6-11(12)13-9-10-7-4-3-5-8-10/h3-9H,2H2,1H3;3-5,7-8H,2,6,9H2,1H3. The summed E-state index contributed by atoms with van der Waals surface area (Å²) in [5, 5.41) is 2.67. The Bertz CT molecular complexity index is 778. The molecule has 2 nitrogen and oxygen atoms in total. The Morgan fingerprint density at radius 1 is 0.800 bits per heavy atom. The lowest BCUT2D eigenvalue weighted by Crippen LogP contribution is -2.03. The molecule has 0 radical (unpaired) electrons. The highest BCUT2D eigenvalue weighted by molar-refractivity contribution is 5.82. The summed E-state index contributed by atoms with van der Waals surface area (Å²) in [4.78, 5) is 11.0. The molecule has 2 heteroatoms. The van der Waals surface area contributed by atoms with Crippen LogP contribution in [0, 0.1) is 0 Å². The molecule has 0 saturated carbocycles. The number of rotatable bonds is 5. The van der Waals surface area contributed by atoms with Crippen molar-refractivity contribution in [1.82, 2.24) is 0 Å². The van der Waals surface area contributed by atoms with Gasteiger partial charge in [-0.2, -0.15) is 0 Å². The highest BCUT2D eigenvalue weighted by atomic mass is 16.5. The maximum absolute atomic E-state index is 11.0. The number of fused-ring (bicyclic) bond motifs is 1. The monoisotopic (exact) mass is 334 g/mol. The van der Waals surface area contributed by atoms with Crippen LogP contribution in [0.2, 0.25) is 0 Å². The molecule has 0 atom stereocenters. The fourth-order valence-electron chi connectivity index (χ4n) is 2.47. The molecule has 0 aliphatic rings. The zero-order valence-electron chi connectivity index (χ0n) is 15.1. The second-order valence-electron chi connectivity index (χ2n) is 5.93. The summed E-state index contributed by atoms with van der Waals surface area (Å²) in [6.07, 6.45) is 2.46. The fourth-order valence-corrected chi connectivity index (χ4v) is 2.47. The number of hydrogen-bond donors (Lipinski definition) is 0. The lowest BCUT2D eigenvalue weighted by Gasteiger charge is -2.02. The van der Waals surface area contributed by atoms with E-state index in [9.17, 15) is 4.79 Å². The first-order valence-corrected chi connectivity index (χ1v) is 8.90. The molecule has 25 heavy (non-hydrogen) atoms. The van der Waals surface area contributed by atoms with E-state index in [1.165, 1.54) is 16.3 Å². The van der Waals surface area contributed by atoms with Crippen molar-refractivity contribution in [1.29, 1.82) is 0 Å². The zero-order valence-corrected chi connectivity index (χ0v) is 15.1. The van der Waals surface area contributed by atoms with Gasteiger partial charge in [0.2, 0.25) is 0 Å². The number of carbonyl (C=O) groups is 1. The van der Waals surface area contributed by atoms with Crippen LogP contribution in [0.15, 0.2) is 72.8 Å². The van der Waals surface area contributed by atoms with E-state index in [4.69, 9.17) is 4.74 Å². The van der Waals surface area contributed by atoms with Crippen molar-refractivity contribution in [3.05, 3.63) is 83.9 Å². The largest absolute Gasteiger partial charge is 0.461 e. The van der Waals surface area contributed by atoms with Crippen molar-refractivity contribution < 1.29 is 9.53 Å². The van der Waals surface area contributed by atoms with Gasteiger partial charge in [0.15, 0.2) is 0 Å². The normalized spacial score (nSPS) is 10.0. The first-order chi connectivity index (χ1) is 12.2. The van der Waals surface area contributed by atoms with Crippen molar-refractivity contribution in [3.8, 4) is 0 Å². The van der Waals surface area contributed by atoms with Crippen LogP contribution in [0.3, 0.4) is 0 Å². The third-order valence-electron chi connectivity index (χ3n) is 3.92. The molecule has 0 N–H and O–H groups in total. The number of esters is 1. The summed E-state index contributed by atoms with van der Waals surface area (Å²) in [6, 6.07) is 24.8. The quantitative estimate of drug-likeness (QED) is 0.540. The van der Waals surface area contributed by atoms with E-state index in [0.717, 1.165) is 18.4 Å². The van der Waals surface area contributed by atoms with Crippen LogP contribution in [-0.2, 0) is 22.6 Å². The molecular weight excluding hydrogens is 308 g/mol. The Kier molecular flexibility index (Phi) is 7.71. The van der Waals surface area contributed by atoms with Crippen molar-refractivity contribution in [2.75, 3.05) is 0 Å². The van der Waals surface area contributed by atoms with Crippen molar-refractivity contribution in [3.63, 3.8) is 0 Å². The minimum Gasteiger partial charge on any atom is -0.461 e. The van der Waals surface area contributed by atoms with E-state index in [1.54, 1.807) is 0 Å². The number of carbonyl (C=O) groups excluding carboxylic acids is 1. The predicted molar refractivity (Wildman–Crippen MR) is 104 cm³/mol. The molecule has 3 rings (SSSR count). The van der Waals surface area contributed by atoms with Crippen LogP contribution in [-0.4, -0.2) is 5.97 Å². The molecule has 0 heterocycles. The minimum atomic E-state index is -0.119. The van der Waals surface area contributed by atoms with Gasteiger partial charge in [0.1, 0.15) is 6.61 Å². The van der Waals surface area contributed by atoms with E-state index >= 15 is 0 Å². The smallest absolute Gasteiger partial charge is 0.306 e. The van der Waals surface area contributed by atoms with E-state index < -0.39 is 0 Å². The first-order valence-electron chi connectivity index (χ1n) is 8.90. The van der Waals surface area contributed by atoms with Crippen LogP contribution in [0.5, 0.6) is 0 Å². The third kappa shape index (κ3) is 6.42. The molecule has 3 aromatic rings. The van der Waals surface area contributed by atoms with Gasteiger partial charge in [-0.1, -0.05) is 86.6 Å². The van der Waals surface area contributed by atoms with Crippen LogP contribution in [0.25, 0.3) is 10.8 Å². The van der Waals surface area contributed by atoms with Crippen molar-refractivity contribution in [2.45, 2.75) is 39.7 Å². The average Bonchev–Trinajstić information content (AvgIpc) is 2.67. The highest BCUT2D eigenvalue weighted by Crippen LogP contribution is 2.15. The Balaban J connectivity index is 0.000000181. The predicted octanol–water partition coefficient (Wildman–Crippen LogP) is 5.93. The molecule has 0 bridgehead atoms. The molecule has 0 amide bonds. The number of ether oxygens (including phenoxy) is 1. The average molecular weight is 334 g/mol. The molecule has 0 saturated heterocycles. The molecule has 0 aromatic heterocycles. The van der Waals surface area contributed by atoms with Crippen LogP contribution in [0.1, 0.15) is 37.8 Å². The van der Waals surface area contributed by atoms with Gasteiger partial charge in [-0.25, -0.2) is 0 Å². The topological polar surface area (TPSA) is 26.3 Å². The molecular formula is C23H26O2. The maximum atomic E-state index is 11.0. The van der Waals surface area contributed by atoms with E-state index in [-0.39, 0.29) is 5.97 Å². The third-order valence-corrected chi connectivity index (χ3v) is 3.92. The van der Waals surface area contributed by atoms with Crippen LogP contribution >= 0.6 is 0 Å². The SMILES string of the molecule is CCCC(=O)OCc1ccccc1.CCc1ccc2ccccc2c1. The molecule has 3 aromatic carbocycles. The van der Waals surface area contributed by atoms with Gasteiger partial charge in [-0.05, 0) is 34.7 Å². The number of aryl methyl sites for hydroxylation is 1. The molecule has 130 valence electrons. The van der Waals surface area contributed by atoms with E-state index in [2.05, 4.69) is 49.4 Å². The summed E-state index contributed by atoms with van der Waals surface area (Å²) in [6.45, 7) is 4.54. The van der Waals surface area contributed by atoms with Crippen LogP contribution < -0.4 is 0 Å². The highest BCUT2D eigenvalue weighted by Gasteiger charge is 2.00. The molecule has 0 unspecified atom stereocenters. The molecule has 0 aliphatic heterocycles. The molecule has 0 fully saturated rings. The zero-order chi connectivity index (χ0) is 17.9. The summed E-state index contributed by atoms with van der Waals surface area (Å²) in [5.41, 5.74) is 2.45. The Labute approximate surface area is 150 Å².